The predicted octanol–water partition coefficient (Wildman–Crippen LogP) is 2.87. The lowest BCUT2D eigenvalue weighted by Crippen LogP contribution is -2.35. The summed E-state index contributed by atoms with van der Waals surface area (Å²) in [5.74, 6) is 0. The van der Waals surface area contributed by atoms with Crippen molar-refractivity contribution >= 4 is 5.69 Å². The van der Waals surface area contributed by atoms with E-state index in [0.29, 0.717) is 12.1 Å². The number of hydrogen-bond acceptors (Lipinski definition) is 2. The van der Waals surface area contributed by atoms with Crippen molar-refractivity contribution in [3.8, 4) is 0 Å². The number of rotatable bonds is 2. The molecule has 1 heterocycles. The molecule has 16 heavy (non-hydrogen) atoms. The van der Waals surface area contributed by atoms with Crippen LogP contribution in [0.2, 0.25) is 0 Å². The smallest absolute Gasteiger partial charge is 0.0407 e. The van der Waals surface area contributed by atoms with Crippen LogP contribution >= 0.6 is 0 Å². The zero-order valence-corrected chi connectivity index (χ0v) is 10.7. The summed E-state index contributed by atoms with van der Waals surface area (Å²) in [6.45, 7) is 8.85. The fourth-order valence-electron chi connectivity index (χ4n) is 2.72. The van der Waals surface area contributed by atoms with E-state index in [0.717, 1.165) is 6.42 Å². The Morgan fingerprint density at radius 3 is 2.56 bits per heavy atom. The van der Waals surface area contributed by atoms with Gasteiger partial charge in [-0.3, -0.25) is 0 Å². The Kier molecular flexibility index (Phi) is 2.94. The van der Waals surface area contributed by atoms with Crippen molar-refractivity contribution in [1.29, 1.82) is 0 Å². The molecule has 0 spiro atoms. The maximum Gasteiger partial charge on any atom is 0.0407 e. The van der Waals surface area contributed by atoms with E-state index in [1.54, 1.807) is 0 Å². The molecule has 1 aromatic carbocycles. The first-order valence-corrected chi connectivity index (χ1v) is 6.17. The first-order valence-electron chi connectivity index (χ1n) is 6.17. The third-order valence-electron chi connectivity index (χ3n) is 3.46. The van der Waals surface area contributed by atoms with E-state index >= 15 is 0 Å². The molecule has 0 saturated heterocycles. The van der Waals surface area contributed by atoms with Gasteiger partial charge in [0.05, 0.1) is 0 Å². The molecule has 0 amide bonds. The van der Waals surface area contributed by atoms with Crippen molar-refractivity contribution in [2.75, 3.05) is 4.90 Å². The summed E-state index contributed by atoms with van der Waals surface area (Å²) in [4.78, 5) is 2.50. The number of hydrogen-bond donors (Lipinski definition) is 1. The van der Waals surface area contributed by atoms with Gasteiger partial charge in [-0.15, -0.1) is 0 Å². The second kappa shape index (κ2) is 4.10. The van der Waals surface area contributed by atoms with Crippen LogP contribution in [-0.2, 0) is 6.42 Å². The molecule has 1 aromatic rings. The van der Waals surface area contributed by atoms with Crippen LogP contribution in [0, 0.1) is 0 Å². The molecule has 2 atom stereocenters. The van der Waals surface area contributed by atoms with Crippen molar-refractivity contribution in [1.82, 2.24) is 0 Å². The van der Waals surface area contributed by atoms with Crippen LogP contribution in [-0.4, -0.2) is 12.1 Å². The van der Waals surface area contributed by atoms with Crippen LogP contribution < -0.4 is 10.6 Å². The molecule has 0 aliphatic carbocycles. The fourth-order valence-corrected chi connectivity index (χ4v) is 2.72. The van der Waals surface area contributed by atoms with Crippen molar-refractivity contribution in [2.24, 2.45) is 5.73 Å². The Morgan fingerprint density at radius 2 is 2.00 bits per heavy atom. The Labute approximate surface area is 98.4 Å². The van der Waals surface area contributed by atoms with Gasteiger partial charge in [0.2, 0.25) is 0 Å². The molecule has 2 unspecified atom stereocenters. The molecule has 88 valence electrons. The quantitative estimate of drug-likeness (QED) is 0.827. The summed E-state index contributed by atoms with van der Waals surface area (Å²) in [7, 11) is 0. The lowest BCUT2D eigenvalue weighted by molar-refractivity contribution is 0.605. The summed E-state index contributed by atoms with van der Waals surface area (Å²) in [6.07, 6.45) is 1.16. The van der Waals surface area contributed by atoms with Gasteiger partial charge in [0.25, 0.3) is 0 Å². The zero-order chi connectivity index (χ0) is 11.9. The van der Waals surface area contributed by atoms with Crippen molar-refractivity contribution in [2.45, 2.75) is 52.2 Å². The maximum atomic E-state index is 5.95. The van der Waals surface area contributed by atoms with Crippen molar-refractivity contribution < 1.29 is 0 Å². The molecule has 0 aromatic heterocycles. The van der Waals surface area contributed by atoms with E-state index in [1.807, 2.05) is 6.92 Å². The highest BCUT2D eigenvalue weighted by Gasteiger charge is 2.27. The summed E-state index contributed by atoms with van der Waals surface area (Å²) < 4.78 is 0. The van der Waals surface area contributed by atoms with Gasteiger partial charge in [-0.2, -0.15) is 0 Å². The Morgan fingerprint density at radius 1 is 1.31 bits per heavy atom. The molecule has 2 rings (SSSR count). The molecule has 0 bridgehead atoms. The van der Waals surface area contributed by atoms with E-state index in [4.69, 9.17) is 5.73 Å². The third-order valence-corrected chi connectivity index (χ3v) is 3.46. The topological polar surface area (TPSA) is 29.3 Å². The monoisotopic (exact) mass is 218 g/mol. The normalized spacial score (nSPS) is 21.4. The van der Waals surface area contributed by atoms with Gasteiger partial charge in [0, 0.05) is 23.8 Å². The van der Waals surface area contributed by atoms with Crippen LogP contribution in [0.5, 0.6) is 0 Å². The summed E-state index contributed by atoms with van der Waals surface area (Å²) in [5, 5.41) is 0. The van der Waals surface area contributed by atoms with Crippen molar-refractivity contribution in [3.05, 3.63) is 29.3 Å². The first kappa shape index (κ1) is 11.5. The Bertz CT molecular complexity index is 382. The van der Waals surface area contributed by atoms with E-state index in [1.165, 1.54) is 16.8 Å². The maximum absolute atomic E-state index is 5.95. The molecule has 0 saturated carbocycles. The Hall–Kier alpha value is -1.02. The van der Waals surface area contributed by atoms with E-state index in [2.05, 4.69) is 43.9 Å². The summed E-state index contributed by atoms with van der Waals surface area (Å²) in [5.41, 5.74) is 10.0. The minimum Gasteiger partial charge on any atom is -0.366 e. The van der Waals surface area contributed by atoms with E-state index < -0.39 is 0 Å². The number of nitrogens with two attached hydrogens (primary N) is 1. The van der Waals surface area contributed by atoms with Gasteiger partial charge in [0.15, 0.2) is 0 Å². The second-order valence-corrected chi connectivity index (χ2v) is 5.23. The average molecular weight is 218 g/mol. The minimum atomic E-state index is 0.121. The minimum absolute atomic E-state index is 0.121. The van der Waals surface area contributed by atoms with Crippen LogP contribution in [0.1, 0.15) is 44.9 Å². The molecule has 2 heteroatoms. The molecule has 0 fully saturated rings. The third kappa shape index (κ3) is 1.82. The largest absolute Gasteiger partial charge is 0.366 e. The standard InChI is InChI=1S/C14H22N2/c1-9(2)16-10(3)7-13-6-5-12(11(4)15)8-14(13)16/h5-6,8-11H,7,15H2,1-4H3. The highest BCUT2D eigenvalue weighted by Crippen LogP contribution is 2.35. The number of nitrogens with zero attached hydrogens (tertiary/aromatic N) is 1. The highest BCUT2D eigenvalue weighted by atomic mass is 15.2. The van der Waals surface area contributed by atoms with Crippen LogP contribution in [0.25, 0.3) is 0 Å². The number of fused-ring (bicyclic) bond motifs is 1. The number of anilines is 1. The SMILES string of the molecule is CC(N)c1ccc2c(c1)N(C(C)C)C(C)C2. The molecule has 1 aliphatic heterocycles. The lowest BCUT2D eigenvalue weighted by Gasteiger charge is -2.29. The van der Waals surface area contributed by atoms with Gasteiger partial charge in [0.1, 0.15) is 0 Å². The predicted molar refractivity (Wildman–Crippen MR) is 69.8 cm³/mol. The van der Waals surface area contributed by atoms with Crippen LogP contribution in [0.4, 0.5) is 5.69 Å². The summed E-state index contributed by atoms with van der Waals surface area (Å²) >= 11 is 0. The Balaban J connectivity index is 2.42. The van der Waals surface area contributed by atoms with Crippen LogP contribution in [0.15, 0.2) is 18.2 Å². The highest BCUT2D eigenvalue weighted by molar-refractivity contribution is 5.61. The molecular formula is C14H22N2. The van der Waals surface area contributed by atoms with Gasteiger partial charge in [-0.25, -0.2) is 0 Å². The van der Waals surface area contributed by atoms with Crippen molar-refractivity contribution in [3.63, 3.8) is 0 Å². The van der Waals surface area contributed by atoms with E-state index in [-0.39, 0.29) is 6.04 Å². The van der Waals surface area contributed by atoms with Gasteiger partial charge >= 0.3 is 0 Å². The second-order valence-electron chi connectivity index (χ2n) is 5.23. The first-order chi connectivity index (χ1) is 7.50. The molecule has 0 radical (unpaired) electrons. The van der Waals surface area contributed by atoms with Gasteiger partial charge in [-0.05, 0) is 51.3 Å². The zero-order valence-electron chi connectivity index (χ0n) is 10.7. The molecular weight excluding hydrogens is 196 g/mol. The fraction of sp³-hybridized carbons (Fsp3) is 0.571. The lowest BCUT2D eigenvalue weighted by atomic mass is 10.0. The van der Waals surface area contributed by atoms with Gasteiger partial charge in [-0.1, -0.05) is 12.1 Å². The summed E-state index contributed by atoms with van der Waals surface area (Å²) in [6, 6.07) is 7.96. The van der Waals surface area contributed by atoms with E-state index in [9.17, 15) is 0 Å². The van der Waals surface area contributed by atoms with Crippen LogP contribution in [0.3, 0.4) is 0 Å². The molecule has 2 nitrogen and oxygen atoms in total. The molecule has 2 N–H and O–H groups in total. The average Bonchev–Trinajstić information content (AvgIpc) is 2.51. The molecule has 1 aliphatic rings. The van der Waals surface area contributed by atoms with Gasteiger partial charge < -0.3 is 10.6 Å². The number of benzene rings is 1.